The number of alkyl halides is 1. The van der Waals surface area contributed by atoms with E-state index in [1.54, 1.807) is 47.4 Å². The fourth-order valence-electron chi connectivity index (χ4n) is 6.57. The van der Waals surface area contributed by atoms with Crippen molar-refractivity contribution in [2.24, 2.45) is 34.0 Å². The number of aliphatic imine (C=N–C) groups is 1. The lowest BCUT2D eigenvalue weighted by molar-refractivity contribution is -0.156. The van der Waals surface area contributed by atoms with Gasteiger partial charge in [-0.25, -0.2) is 4.39 Å². The minimum Gasteiger partial charge on any atom is -0.508 e. The van der Waals surface area contributed by atoms with Gasteiger partial charge in [0.05, 0.1) is 11.8 Å². The first-order chi connectivity index (χ1) is 23.6. The summed E-state index contributed by atoms with van der Waals surface area (Å²) in [7, 11) is 0. The average molecular weight is 667 g/mol. The number of nitrogens with zero attached hydrogens (tertiary/aromatic N) is 3. The molecule has 1 heterocycles. The Kier molecular flexibility index (Phi) is 11.5. The maximum atomic E-state index is 16.7. The summed E-state index contributed by atoms with van der Waals surface area (Å²) in [5, 5.41) is 12.0. The fourth-order valence-corrected chi connectivity index (χ4v) is 6.57. The zero-order chi connectivity index (χ0) is 34.9. The number of primary amides is 1. The van der Waals surface area contributed by atoms with Crippen LogP contribution in [0.3, 0.4) is 0 Å². The van der Waals surface area contributed by atoms with Crippen LogP contribution in [0.2, 0.25) is 0 Å². The fraction of sp³-hybridized carbons (Fsp3) is 0.316. The molecule has 1 aliphatic rings. The third kappa shape index (κ3) is 8.92. The lowest BCUT2D eigenvalue weighted by atomic mass is 9.79. The number of aromatic hydroxyl groups is 1. The number of rotatable bonds is 14. The Morgan fingerprint density at radius 2 is 1.57 bits per heavy atom. The van der Waals surface area contributed by atoms with Gasteiger partial charge in [0, 0.05) is 25.7 Å². The number of hydrogen-bond donors (Lipinski definition) is 4. The van der Waals surface area contributed by atoms with Crippen LogP contribution in [-0.4, -0.2) is 70.8 Å². The topological polar surface area (TPSA) is 168 Å². The molecule has 3 amide bonds. The van der Waals surface area contributed by atoms with Crippen LogP contribution in [0.5, 0.6) is 5.75 Å². The third-order valence-electron chi connectivity index (χ3n) is 9.20. The number of hydrogen-bond acceptors (Lipinski definition) is 5. The molecule has 1 saturated heterocycles. The van der Waals surface area contributed by atoms with Crippen LogP contribution in [0.15, 0.2) is 102 Å². The van der Waals surface area contributed by atoms with Gasteiger partial charge in [0.2, 0.25) is 17.7 Å². The van der Waals surface area contributed by atoms with Crippen molar-refractivity contribution in [1.82, 2.24) is 9.80 Å². The molecule has 4 aromatic rings. The summed E-state index contributed by atoms with van der Waals surface area (Å²) >= 11 is 0. The van der Waals surface area contributed by atoms with Gasteiger partial charge < -0.3 is 32.1 Å². The SMILES string of the molecule is NC(=O)C(Cc1ccc(O)cc1)C(C(=O)N1CC(=O)N(CCc2ccc3ccccc3c2)CC1CCCN=C(N)N)C(F)c1ccccc1. The standard InChI is InChI=1S/C38H43FN6O4/c39-35(28-8-2-1-3-9-28)34(32(36(40)48)22-25-13-16-31(46)17-14-25)37(49)45-24-33(47)44(23-30(45)11-6-19-43-38(41)42)20-18-26-12-15-27-7-4-5-10-29(27)21-26/h1-5,7-10,12-17,21,30,32,34-35,46H,6,11,18-20,22-24H2,(H2,40,48)(H4,41,42,43). The molecule has 0 spiro atoms. The summed E-state index contributed by atoms with van der Waals surface area (Å²) in [4.78, 5) is 48.5. The van der Waals surface area contributed by atoms with Gasteiger partial charge in [-0.3, -0.25) is 19.4 Å². The van der Waals surface area contributed by atoms with Crippen LogP contribution in [0.25, 0.3) is 10.8 Å². The smallest absolute Gasteiger partial charge is 0.242 e. The molecule has 1 fully saturated rings. The average Bonchev–Trinajstić information content (AvgIpc) is 3.10. The number of carbonyl (C=O) groups excluding carboxylic acids is 3. The van der Waals surface area contributed by atoms with Gasteiger partial charge in [0.25, 0.3) is 0 Å². The summed E-state index contributed by atoms with van der Waals surface area (Å²) in [6.07, 6.45) is -0.351. The molecule has 0 bridgehead atoms. The molecule has 0 radical (unpaired) electrons. The quantitative estimate of drug-likeness (QED) is 0.0906. The lowest BCUT2D eigenvalue weighted by Crippen LogP contribution is -2.60. The molecule has 4 atom stereocenters. The molecule has 1 aliphatic heterocycles. The highest BCUT2D eigenvalue weighted by Gasteiger charge is 2.45. The Balaban J connectivity index is 1.42. The first-order valence-electron chi connectivity index (χ1n) is 16.5. The van der Waals surface area contributed by atoms with Gasteiger partial charge in [-0.2, -0.15) is 0 Å². The van der Waals surface area contributed by atoms with Crippen molar-refractivity contribution in [2.45, 2.75) is 37.9 Å². The number of fused-ring (bicyclic) bond motifs is 1. The number of benzene rings is 4. The summed E-state index contributed by atoms with van der Waals surface area (Å²) in [5.41, 5.74) is 18.9. The first kappa shape index (κ1) is 34.9. The molecule has 4 unspecified atom stereocenters. The molecule has 0 aliphatic carbocycles. The van der Waals surface area contributed by atoms with Crippen molar-refractivity contribution in [2.75, 3.05) is 26.2 Å². The minimum atomic E-state index is -1.88. The normalized spacial score (nSPS) is 16.6. The molecule has 5 rings (SSSR count). The van der Waals surface area contributed by atoms with Crippen molar-refractivity contribution < 1.29 is 23.9 Å². The van der Waals surface area contributed by atoms with Gasteiger partial charge in [-0.1, -0.05) is 84.9 Å². The highest BCUT2D eigenvalue weighted by atomic mass is 19.1. The summed E-state index contributed by atoms with van der Waals surface area (Å²) in [5.74, 6) is -4.53. The highest BCUT2D eigenvalue weighted by molar-refractivity contribution is 5.91. The third-order valence-corrected chi connectivity index (χ3v) is 9.20. The molecule has 10 nitrogen and oxygen atoms in total. The number of nitrogens with two attached hydrogens (primary N) is 3. The van der Waals surface area contributed by atoms with E-state index in [0.29, 0.717) is 37.9 Å². The van der Waals surface area contributed by atoms with Crippen LogP contribution < -0.4 is 17.2 Å². The molecule has 49 heavy (non-hydrogen) atoms. The zero-order valence-corrected chi connectivity index (χ0v) is 27.3. The predicted octanol–water partition coefficient (Wildman–Crippen LogP) is 3.85. The van der Waals surface area contributed by atoms with E-state index in [-0.39, 0.29) is 42.7 Å². The second-order valence-electron chi connectivity index (χ2n) is 12.6. The van der Waals surface area contributed by atoms with Crippen molar-refractivity contribution in [3.8, 4) is 5.75 Å². The van der Waals surface area contributed by atoms with E-state index < -0.39 is 35.9 Å². The summed E-state index contributed by atoms with van der Waals surface area (Å²) < 4.78 is 16.7. The lowest BCUT2D eigenvalue weighted by Gasteiger charge is -2.43. The van der Waals surface area contributed by atoms with E-state index >= 15 is 4.39 Å². The Bertz CT molecular complexity index is 1780. The Hall–Kier alpha value is -5.45. The van der Waals surface area contributed by atoms with E-state index in [4.69, 9.17) is 17.2 Å². The van der Waals surface area contributed by atoms with Crippen LogP contribution in [0.4, 0.5) is 4.39 Å². The Morgan fingerprint density at radius 3 is 2.27 bits per heavy atom. The number of amides is 3. The van der Waals surface area contributed by atoms with Gasteiger partial charge in [0.1, 0.15) is 18.5 Å². The van der Waals surface area contributed by atoms with Crippen LogP contribution in [0.1, 0.15) is 35.7 Å². The minimum absolute atomic E-state index is 0.0280. The van der Waals surface area contributed by atoms with Gasteiger partial charge in [-0.05, 0) is 65.3 Å². The molecule has 0 aromatic heterocycles. The number of guanidine groups is 1. The van der Waals surface area contributed by atoms with Crippen molar-refractivity contribution in [3.05, 3.63) is 114 Å². The van der Waals surface area contributed by atoms with E-state index in [1.807, 2.05) is 30.3 Å². The van der Waals surface area contributed by atoms with Gasteiger partial charge in [0.15, 0.2) is 5.96 Å². The second kappa shape index (κ2) is 16.1. The van der Waals surface area contributed by atoms with E-state index in [9.17, 15) is 19.5 Å². The molecule has 7 N–H and O–H groups in total. The number of phenolic OH excluding ortho intramolecular Hbond substituents is 1. The Morgan fingerprint density at radius 1 is 0.898 bits per heavy atom. The maximum Gasteiger partial charge on any atom is 0.242 e. The van der Waals surface area contributed by atoms with Crippen molar-refractivity contribution in [1.29, 1.82) is 0 Å². The van der Waals surface area contributed by atoms with Crippen molar-refractivity contribution >= 4 is 34.5 Å². The zero-order valence-electron chi connectivity index (χ0n) is 27.3. The summed E-state index contributed by atoms with van der Waals surface area (Å²) in [6, 6.07) is 28.1. The van der Waals surface area contributed by atoms with E-state index in [0.717, 1.165) is 16.3 Å². The number of halogens is 1. The van der Waals surface area contributed by atoms with E-state index in [1.165, 1.54) is 17.0 Å². The molecule has 0 saturated carbocycles. The highest BCUT2D eigenvalue weighted by Crippen LogP contribution is 2.37. The number of piperazine rings is 1. The maximum absolute atomic E-state index is 16.7. The Labute approximate surface area is 285 Å². The predicted molar refractivity (Wildman–Crippen MR) is 188 cm³/mol. The summed E-state index contributed by atoms with van der Waals surface area (Å²) in [6.45, 7) is 0.712. The molecular formula is C38H43FN6O4. The van der Waals surface area contributed by atoms with Crippen LogP contribution in [0, 0.1) is 11.8 Å². The first-order valence-corrected chi connectivity index (χ1v) is 16.5. The molecule has 4 aromatic carbocycles. The van der Waals surface area contributed by atoms with Crippen LogP contribution >= 0.6 is 0 Å². The molecular weight excluding hydrogens is 623 g/mol. The number of carbonyl (C=O) groups is 3. The number of phenols is 1. The largest absolute Gasteiger partial charge is 0.508 e. The van der Waals surface area contributed by atoms with Gasteiger partial charge >= 0.3 is 0 Å². The van der Waals surface area contributed by atoms with Gasteiger partial charge in [-0.15, -0.1) is 0 Å². The molecule has 256 valence electrons. The second-order valence-corrected chi connectivity index (χ2v) is 12.6. The monoisotopic (exact) mass is 666 g/mol. The van der Waals surface area contributed by atoms with E-state index in [2.05, 4.69) is 17.1 Å². The molecule has 11 heteroatoms. The van der Waals surface area contributed by atoms with Crippen molar-refractivity contribution in [3.63, 3.8) is 0 Å². The van der Waals surface area contributed by atoms with Crippen LogP contribution in [-0.2, 0) is 27.2 Å².